The van der Waals surface area contributed by atoms with E-state index in [2.05, 4.69) is 23.8 Å². The summed E-state index contributed by atoms with van der Waals surface area (Å²) in [7, 11) is 0. The molecule has 2 N–H and O–H groups in total. The molecule has 0 atom stereocenters. The van der Waals surface area contributed by atoms with Crippen LogP contribution in [-0.4, -0.2) is 61.0 Å². The van der Waals surface area contributed by atoms with E-state index in [1.165, 1.54) is 77.0 Å². The summed E-state index contributed by atoms with van der Waals surface area (Å²) in [6.45, 7) is 5.87. The van der Waals surface area contributed by atoms with Gasteiger partial charge in [-0.3, -0.25) is 9.98 Å². The number of hydrogen-bond donors (Lipinski definition) is 2. The first kappa shape index (κ1) is 48.0. The summed E-state index contributed by atoms with van der Waals surface area (Å²) in [4.78, 5) is 34.0. The number of esters is 2. The quantitative estimate of drug-likeness (QED) is 0.0301. The van der Waals surface area contributed by atoms with Crippen molar-refractivity contribution in [3.63, 3.8) is 0 Å². The number of ether oxygens (including phenoxy) is 4. The van der Waals surface area contributed by atoms with Crippen molar-refractivity contribution >= 4 is 35.7 Å². The van der Waals surface area contributed by atoms with Gasteiger partial charge in [0.05, 0.1) is 48.9 Å². The molecular formula is C51H66N2O8. The Morgan fingerprint density at radius 3 is 1.18 bits per heavy atom. The molecule has 0 aromatic heterocycles. The van der Waals surface area contributed by atoms with Gasteiger partial charge in [-0.2, -0.15) is 0 Å². The van der Waals surface area contributed by atoms with Crippen molar-refractivity contribution in [1.29, 1.82) is 0 Å². The third-order valence-electron chi connectivity index (χ3n) is 10.2. The van der Waals surface area contributed by atoms with Crippen LogP contribution < -0.4 is 9.47 Å². The summed E-state index contributed by atoms with van der Waals surface area (Å²) < 4.78 is 22.4. The molecule has 0 aliphatic rings. The smallest absolute Gasteiger partial charge is 0.338 e. The third kappa shape index (κ3) is 19.1. The molecule has 4 aromatic rings. The zero-order chi connectivity index (χ0) is 43.3. The highest BCUT2D eigenvalue weighted by molar-refractivity contribution is 5.91. The highest BCUT2D eigenvalue weighted by atomic mass is 16.5. The predicted molar refractivity (Wildman–Crippen MR) is 245 cm³/mol. The summed E-state index contributed by atoms with van der Waals surface area (Å²) in [5.41, 5.74) is 3.06. The number of hydrogen-bond acceptors (Lipinski definition) is 10. The number of unbranched alkanes of at least 4 members (excludes halogenated alkanes) is 14. The van der Waals surface area contributed by atoms with Gasteiger partial charge >= 0.3 is 11.9 Å². The van der Waals surface area contributed by atoms with Crippen molar-refractivity contribution in [2.24, 2.45) is 9.98 Å². The van der Waals surface area contributed by atoms with Crippen molar-refractivity contribution in [2.45, 2.75) is 123 Å². The molecule has 0 radical (unpaired) electrons. The van der Waals surface area contributed by atoms with Gasteiger partial charge in [0.15, 0.2) is 0 Å². The number of carbonyl (C=O) groups excluding carboxylic acids is 2. The lowest BCUT2D eigenvalue weighted by Gasteiger charge is -2.08. The zero-order valence-electron chi connectivity index (χ0n) is 36.3. The van der Waals surface area contributed by atoms with Crippen LogP contribution in [0.4, 0.5) is 11.4 Å². The number of phenolic OH excluding ortho intramolecular Hbond substituents is 2. The van der Waals surface area contributed by atoms with Crippen LogP contribution in [0.5, 0.6) is 23.0 Å². The second-order valence-electron chi connectivity index (χ2n) is 15.3. The Bertz CT molecular complexity index is 1790. The van der Waals surface area contributed by atoms with Crippen LogP contribution in [-0.2, 0) is 9.47 Å². The lowest BCUT2D eigenvalue weighted by molar-refractivity contribution is 0.0396. The molecule has 4 rings (SSSR count). The monoisotopic (exact) mass is 834 g/mol. The maximum atomic E-state index is 12.6. The minimum atomic E-state index is -0.495. The van der Waals surface area contributed by atoms with Crippen LogP contribution in [0, 0.1) is 0 Å². The van der Waals surface area contributed by atoms with E-state index in [0.29, 0.717) is 64.8 Å². The van der Waals surface area contributed by atoms with Gasteiger partial charge in [0.2, 0.25) is 0 Å². The molecule has 0 unspecified atom stereocenters. The number of carbonyl (C=O) groups is 2. The Kier molecular flexibility index (Phi) is 22.6. The van der Waals surface area contributed by atoms with Crippen LogP contribution in [0.1, 0.15) is 155 Å². The van der Waals surface area contributed by atoms with Crippen molar-refractivity contribution in [1.82, 2.24) is 0 Å². The molecule has 61 heavy (non-hydrogen) atoms. The number of rotatable bonds is 30. The first-order chi connectivity index (χ1) is 29.9. The Morgan fingerprint density at radius 1 is 0.459 bits per heavy atom. The van der Waals surface area contributed by atoms with E-state index >= 15 is 0 Å². The first-order valence-corrected chi connectivity index (χ1v) is 22.4. The van der Waals surface area contributed by atoms with E-state index in [9.17, 15) is 19.8 Å². The summed E-state index contributed by atoms with van der Waals surface area (Å²) in [5.74, 6) is 0.424. The Labute approximate surface area is 363 Å². The molecule has 0 fully saturated rings. The van der Waals surface area contributed by atoms with Gasteiger partial charge in [-0.15, -0.1) is 0 Å². The largest absolute Gasteiger partial charge is 0.507 e. The van der Waals surface area contributed by atoms with Gasteiger partial charge in [-0.05, 0) is 85.6 Å². The van der Waals surface area contributed by atoms with Crippen LogP contribution in [0.2, 0.25) is 0 Å². The summed E-state index contributed by atoms with van der Waals surface area (Å²) in [6, 6.07) is 23.6. The van der Waals surface area contributed by atoms with Crippen LogP contribution in [0.25, 0.3) is 0 Å². The molecule has 0 heterocycles. The molecule has 0 bridgehead atoms. The van der Waals surface area contributed by atoms with Gasteiger partial charge in [-0.1, -0.05) is 104 Å². The number of nitrogens with zero attached hydrogens (tertiary/aromatic N) is 2. The lowest BCUT2D eigenvalue weighted by atomic mass is 10.1. The Hall–Kier alpha value is -5.64. The van der Waals surface area contributed by atoms with Gasteiger partial charge in [0, 0.05) is 42.1 Å². The molecule has 0 aliphatic carbocycles. The fourth-order valence-electron chi connectivity index (χ4n) is 6.51. The second-order valence-corrected chi connectivity index (χ2v) is 15.3. The van der Waals surface area contributed by atoms with Crippen molar-refractivity contribution in [3.05, 3.63) is 107 Å². The first-order valence-electron chi connectivity index (χ1n) is 22.4. The third-order valence-corrected chi connectivity index (χ3v) is 10.2. The summed E-state index contributed by atoms with van der Waals surface area (Å²) >= 11 is 0. The molecule has 0 saturated heterocycles. The fraction of sp³-hybridized carbons (Fsp3) is 0.451. The highest BCUT2D eigenvalue weighted by Gasteiger charge is 2.10. The average Bonchev–Trinajstić information content (AvgIpc) is 3.27. The normalized spacial score (nSPS) is 11.3. The average molecular weight is 835 g/mol. The summed E-state index contributed by atoms with van der Waals surface area (Å²) in [6.07, 6.45) is 23.2. The van der Waals surface area contributed by atoms with E-state index in [1.54, 1.807) is 85.2 Å². The van der Waals surface area contributed by atoms with Gasteiger partial charge < -0.3 is 29.2 Å². The number of phenols is 2. The topological polar surface area (TPSA) is 136 Å². The molecule has 328 valence electrons. The Balaban J connectivity index is 1.08. The maximum Gasteiger partial charge on any atom is 0.338 e. The SMILES string of the molecule is CCCCCCCCCCOc1ccc(C=Nc2ccc(C(=O)OCCCOC(=O)c3ccc(N=Cc4ccc(OCCCCCCCCCC)cc4O)cc3)cc2)c(O)c1. The molecule has 0 spiro atoms. The molecule has 0 amide bonds. The summed E-state index contributed by atoms with van der Waals surface area (Å²) in [5, 5.41) is 21.0. The Morgan fingerprint density at radius 2 is 0.820 bits per heavy atom. The number of benzene rings is 4. The van der Waals surface area contributed by atoms with Gasteiger partial charge in [0.1, 0.15) is 23.0 Å². The van der Waals surface area contributed by atoms with E-state index in [-0.39, 0.29) is 24.7 Å². The van der Waals surface area contributed by atoms with Crippen molar-refractivity contribution in [3.8, 4) is 23.0 Å². The molecule has 0 saturated carbocycles. The van der Waals surface area contributed by atoms with E-state index in [0.717, 1.165) is 25.7 Å². The number of aromatic hydroxyl groups is 2. The van der Waals surface area contributed by atoms with Crippen LogP contribution >= 0.6 is 0 Å². The number of aliphatic imine (C=N–C) groups is 2. The van der Waals surface area contributed by atoms with Crippen molar-refractivity contribution in [2.75, 3.05) is 26.4 Å². The van der Waals surface area contributed by atoms with E-state index < -0.39 is 11.9 Å². The molecular weight excluding hydrogens is 769 g/mol. The highest BCUT2D eigenvalue weighted by Crippen LogP contribution is 2.26. The minimum absolute atomic E-state index is 0.0803. The minimum Gasteiger partial charge on any atom is -0.507 e. The van der Waals surface area contributed by atoms with Crippen LogP contribution in [0.15, 0.2) is 94.9 Å². The predicted octanol–water partition coefficient (Wildman–Crippen LogP) is 13.0. The second kappa shape index (κ2) is 28.8. The van der Waals surface area contributed by atoms with E-state index in [4.69, 9.17) is 18.9 Å². The molecule has 4 aromatic carbocycles. The van der Waals surface area contributed by atoms with Gasteiger partial charge in [0.25, 0.3) is 0 Å². The maximum absolute atomic E-state index is 12.6. The molecule has 0 aliphatic heterocycles. The molecule has 10 nitrogen and oxygen atoms in total. The zero-order valence-corrected chi connectivity index (χ0v) is 36.3. The molecule has 10 heteroatoms. The van der Waals surface area contributed by atoms with E-state index in [1.807, 2.05) is 12.1 Å². The van der Waals surface area contributed by atoms with Crippen molar-refractivity contribution < 1.29 is 38.7 Å². The standard InChI is InChI=1S/C51H66N2O8/c1-3-5-7-9-11-13-15-17-32-58-46-30-24-42(48(54)36-46)38-52-44-26-20-40(21-27-44)50(56)60-34-19-35-61-51(57)41-22-28-45(29-23-41)53-39-43-25-31-47(37-49(43)55)59-33-18-16-14-12-10-8-6-4-2/h20-31,36-39,54-55H,3-19,32-35H2,1-2H3. The lowest BCUT2D eigenvalue weighted by Crippen LogP contribution is -2.11. The van der Waals surface area contributed by atoms with Gasteiger partial charge in [-0.25, -0.2) is 9.59 Å². The fourth-order valence-corrected chi connectivity index (χ4v) is 6.51. The van der Waals surface area contributed by atoms with Crippen LogP contribution in [0.3, 0.4) is 0 Å².